The Morgan fingerprint density at radius 2 is 2.00 bits per heavy atom. The van der Waals surface area contributed by atoms with Gasteiger partial charge in [-0.25, -0.2) is 0 Å². The summed E-state index contributed by atoms with van der Waals surface area (Å²) in [6.45, 7) is 6.11. The molecule has 0 aromatic heterocycles. The molecule has 0 rings (SSSR count). The fourth-order valence-corrected chi connectivity index (χ4v) is 0.773. The lowest BCUT2D eigenvalue weighted by Gasteiger charge is -2.04. The first kappa shape index (κ1) is 9.16. The summed E-state index contributed by atoms with van der Waals surface area (Å²) in [5, 5.41) is 0. The zero-order chi connectivity index (χ0) is 8.20. The van der Waals surface area contributed by atoms with Gasteiger partial charge < -0.3 is 4.74 Å². The molecule has 0 radical (unpaired) electrons. The summed E-state index contributed by atoms with van der Waals surface area (Å²) in [4.78, 5) is 0. The molecule has 3 nitrogen and oxygen atoms in total. The molecule has 0 saturated carbocycles. The monoisotopic (exact) mass is 166 g/mol. The molecule has 58 valence electrons. The molecule has 0 saturated heterocycles. The standard InChI is InChI=1S/C5H7FO3S/c1-3-5(9-4-2)10(6,7)8/h3-5H,1-2H2. The summed E-state index contributed by atoms with van der Waals surface area (Å²) in [6.07, 6.45) is 1.67. The van der Waals surface area contributed by atoms with Crippen LogP contribution in [0, 0.1) is 0 Å². The molecular weight excluding hydrogens is 159 g/mol. The van der Waals surface area contributed by atoms with E-state index in [4.69, 9.17) is 0 Å². The van der Waals surface area contributed by atoms with Crippen LogP contribution in [-0.2, 0) is 15.0 Å². The maximum atomic E-state index is 12.0. The van der Waals surface area contributed by atoms with Gasteiger partial charge in [0.15, 0.2) is 0 Å². The molecule has 0 bridgehead atoms. The molecule has 0 aliphatic heterocycles. The molecule has 1 unspecified atom stereocenters. The van der Waals surface area contributed by atoms with Crippen molar-refractivity contribution in [3.63, 3.8) is 0 Å². The Morgan fingerprint density at radius 1 is 1.50 bits per heavy atom. The summed E-state index contributed by atoms with van der Waals surface area (Å²) in [7, 11) is -4.69. The summed E-state index contributed by atoms with van der Waals surface area (Å²) in [6, 6.07) is 0. The van der Waals surface area contributed by atoms with Gasteiger partial charge in [0.2, 0.25) is 5.44 Å². The molecule has 0 spiro atoms. The van der Waals surface area contributed by atoms with Crippen LogP contribution in [0.15, 0.2) is 25.5 Å². The van der Waals surface area contributed by atoms with Crippen molar-refractivity contribution in [2.24, 2.45) is 0 Å². The van der Waals surface area contributed by atoms with E-state index in [-0.39, 0.29) is 0 Å². The highest BCUT2D eigenvalue weighted by molar-refractivity contribution is 7.87. The topological polar surface area (TPSA) is 43.4 Å². The third kappa shape index (κ3) is 2.63. The maximum Gasteiger partial charge on any atom is 0.344 e. The van der Waals surface area contributed by atoms with Gasteiger partial charge >= 0.3 is 10.2 Å². The van der Waals surface area contributed by atoms with E-state index in [1.165, 1.54) is 0 Å². The van der Waals surface area contributed by atoms with Gasteiger partial charge in [-0.2, -0.15) is 8.42 Å². The molecular formula is C5H7FO3S. The number of rotatable bonds is 4. The van der Waals surface area contributed by atoms with Crippen LogP contribution >= 0.6 is 0 Å². The lowest BCUT2D eigenvalue weighted by Crippen LogP contribution is -2.14. The number of ether oxygens (including phenoxy) is 1. The zero-order valence-corrected chi connectivity index (χ0v) is 5.97. The van der Waals surface area contributed by atoms with E-state index in [1.54, 1.807) is 0 Å². The van der Waals surface area contributed by atoms with Crippen LogP contribution in [0.25, 0.3) is 0 Å². The van der Waals surface area contributed by atoms with Gasteiger partial charge in [0.25, 0.3) is 0 Å². The smallest absolute Gasteiger partial charge is 0.344 e. The quantitative estimate of drug-likeness (QED) is 0.355. The van der Waals surface area contributed by atoms with Gasteiger partial charge in [-0.15, -0.1) is 3.89 Å². The molecule has 0 aliphatic rings. The summed E-state index contributed by atoms with van der Waals surface area (Å²) >= 11 is 0. The SMILES string of the molecule is C=COC(C=C)S(=O)(=O)F. The third-order valence-electron chi connectivity index (χ3n) is 0.700. The molecule has 10 heavy (non-hydrogen) atoms. The Labute approximate surface area is 59.0 Å². The summed E-state index contributed by atoms with van der Waals surface area (Å²) in [5.41, 5.74) is -1.63. The Hall–Kier alpha value is -0.840. The molecule has 0 aromatic carbocycles. The van der Waals surface area contributed by atoms with Gasteiger partial charge in [0.1, 0.15) is 0 Å². The van der Waals surface area contributed by atoms with Crippen molar-refractivity contribution in [3.8, 4) is 0 Å². The van der Waals surface area contributed by atoms with E-state index in [2.05, 4.69) is 17.9 Å². The van der Waals surface area contributed by atoms with Gasteiger partial charge in [0, 0.05) is 0 Å². The zero-order valence-electron chi connectivity index (χ0n) is 5.16. The molecule has 0 amide bonds. The predicted molar refractivity (Wildman–Crippen MR) is 35.3 cm³/mol. The highest BCUT2D eigenvalue weighted by atomic mass is 32.3. The van der Waals surface area contributed by atoms with E-state index >= 15 is 0 Å². The van der Waals surface area contributed by atoms with E-state index in [0.29, 0.717) is 0 Å². The minimum atomic E-state index is -4.69. The van der Waals surface area contributed by atoms with Crippen molar-refractivity contribution < 1.29 is 17.0 Å². The van der Waals surface area contributed by atoms with Gasteiger partial charge in [0.05, 0.1) is 6.26 Å². The summed E-state index contributed by atoms with van der Waals surface area (Å²) in [5.74, 6) is 0. The van der Waals surface area contributed by atoms with E-state index in [9.17, 15) is 12.3 Å². The summed E-state index contributed by atoms with van der Waals surface area (Å²) < 4.78 is 36.3. The Bertz CT molecular complexity index is 219. The lowest BCUT2D eigenvalue weighted by atomic mass is 10.7. The third-order valence-corrected chi connectivity index (χ3v) is 1.56. The Morgan fingerprint density at radius 3 is 2.10 bits per heavy atom. The Kier molecular flexibility index (Phi) is 3.08. The minimum absolute atomic E-state index is 0.830. The van der Waals surface area contributed by atoms with Crippen molar-refractivity contribution >= 4 is 10.2 Å². The number of halogens is 1. The first-order chi connectivity index (χ1) is 4.52. The first-order valence-electron chi connectivity index (χ1n) is 2.34. The van der Waals surface area contributed by atoms with Crippen molar-refractivity contribution in [1.29, 1.82) is 0 Å². The van der Waals surface area contributed by atoms with Crippen LogP contribution in [0.3, 0.4) is 0 Å². The molecule has 0 fully saturated rings. The van der Waals surface area contributed by atoms with Crippen LogP contribution in [0.4, 0.5) is 3.89 Å². The predicted octanol–water partition coefficient (Wildman–Crippen LogP) is 0.958. The second-order valence-corrected chi connectivity index (χ2v) is 2.80. The van der Waals surface area contributed by atoms with Crippen molar-refractivity contribution in [2.75, 3.05) is 0 Å². The molecule has 0 heterocycles. The largest absolute Gasteiger partial charge is 0.476 e. The molecule has 0 N–H and O–H groups in total. The van der Waals surface area contributed by atoms with Crippen molar-refractivity contribution in [2.45, 2.75) is 5.44 Å². The fraction of sp³-hybridized carbons (Fsp3) is 0.200. The Balaban J connectivity index is 4.36. The molecule has 0 aliphatic carbocycles. The average Bonchev–Trinajstić information content (AvgIpc) is 1.80. The second-order valence-electron chi connectivity index (χ2n) is 1.38. The van der Waals surface area contributed by atoms with Crippen LogP contribution in [0.5, 0.6) is 0 Å². The molecule has 1 atom stereocenters. The van der Waals surface area contributed by atoms with Crippen molar-refractivity contribution in [1.82, 2.24) is 0 Å². The van der Waals surface area contributed by atoms with Crippen LogP contribution in [0.1, 0.15) is 0 Å². The normalized spacial score (nSPS) is 13.7. The van der Waals surface area contributed by atoms with Crippen LogP contribution in [-0.4, -0.2) is 13.9 Å². The fourth-order valence-electron chi connectivity index (χ4n) is 0.332. The highest BCUT2D eigenvalue weighted by Gasteiger charge is 2.20. The van der Waals surface area contributed by atoms with Gasteiger partial charge in [-0.05, 0) is 6.08 Å². The van der Waals surface area contributed by atoms with Gasteiger partial charge in [-0.1, -0.05) is 13.2 Å². The van der Waals surface area contributed by atoms with Crippen LogP contribution in [0.2, 0.25) is 0 Å². The maximum absolute atomic E-state index is 12.0. The van der Waals surface area contributed by atoms with Gasteiger partial charge in [-0.3, -0.25) is 0 Å². The lowest BCUT2D eigenvalue weighted by molar-refractivity contribution is 0.244. The van der Waals surface area contributed by atoms with Crippen molar-refractivity contribution in [3.05, 3.63) is 25.5 Å². The van der Waals surface area contributed by atoms with E-state index < -0.39 is 15.7 Å². The van der Waals surface area contributed by atoms with E-state index in [0.717, 1.165) is 12.3 Å². The highest BCUT2D eigenvalue weighted by Crippen LogP contribution is 2.06. The average molecular weight is 166 g/mol. The molecule has 5 heteroatoms. The second kappa shape index (κ2) is 3.36. The van der Waals surface area contributed by atoms with E-state index in [1.807, 2.05) is 0 Å². The first-order valence-corrected chi connectivity index (χ1v) is 3.79. The van der Waals surface area contributed by atoms with Crippen LogP contribution < -0.4 is 0 Å². The minimum Gasteiger partial charge on any atom is -0.476 e. The molecule has 0 aromatic rings. The number of hydrogen-bond acceptors (Lipinski definition) is 3. The number of hydrogen-bond donors (Lipinski definition) is 0.